The molecule has 4 N–H and O–H groups in total. The summed E-state index contributed by atoms with van der Waals surface area (Å²) in [5.41, 5.74) is 5.66. The lowest BCUT2D eigenvalue weighted by atomic mass is 9.94. The second-order valence-corrected chi connectivity index (χ2v) is 5.78. The Hall–Kier alpha value is -1.10. The fraction of sp³-hybridized carbons (Fsp3) is 0.857. The molecule has 0 saturated heterocycles. The Bertz CT molecular complexity index is 280. The highest BCUT2D eigenvalue weighted by atomic mass is 16.4. The van der Waals surface area contributed by atoms with E-state index in [4.69, 9.17) is 10.8 Å². The van der Waals surface area contributed by atoms with Crippen LogP contribution in [0.1, 0.15) is 46.5 Å². The SMILES string of the molecule is CC(C)CC(CN)CC(=O)NCC(C)CCC(=O)O. The van der Waals surface area contributed by atoms with Gasteiger partial charge >= 0.3 is 5.97 Å². The molecular weight excluding hydrogens is 244 g/mol. The van der Waals surface area contributed by atoms with Gasteiger partial charge in [-0.1, -0.05) is 20.8 Å². The van der Waals surface area contributed by atoms with Gasteiger partial charge in [0.25, 0.3) is 0 Å². The monoisotopic (exact) mass is 272 g/mol. The van der Waals surface area contributed by atoms with Gasteiger partial charge in [-0.2, -0.15) is 0 Å². The average molecular weight is 272 g/mol. The summed E-state index contributed by atoms with van der Waals surface area (Å²) < 4.78 is 0. The molecule has 0 aliphatic rings. The molecule has 1 amide bonds. The fourth-order valence-electron chi connectivity index (χ4n) is 2.02. The summed E-state index contributed by atoms with van der Waals surface area (Å²) >= 11 is 0. The number of aliphatic carboxylic acids is 1. The molecule has 0 aromatic carbocycles. The zero-order chi connectivity index (χ0) is 14.8. The Kier molecular flexibility index (Phi) is 9.21. The standard InChI is InChI=1S/C14H28N2O3/c1-10(2)6-12(8-15)7-13(17)16-9-11(3)4-5-14(18)19/h10-12H,4-9,15H2,1-3H3,(H,16,17)(H,18,19). The third-order valence-corrected chi connectivity index (χ3v) is 3.11. The maximum absolute atomic E-state index is 11.8. The molecule has 0 rings (SSSR count). The van der Waals surface area contributed by atoms with Crippen molar-refractivity contribution in [2.75, 3.05) is 13.1 Å². The molecule has 0 aliphatic heterocycles. The van der Waals surface area contributed by atoms with E-state index in [1.54, 1.807) is 0 Å². The summed E-state index contributed by atoms with van der Waals surface area (Å²) in [4.78, 5) is 22.2. The van der Waals surface area contributed by atoms with Crippen molar-refractivity contribution in [1.29, 1.82) is 0 Å². The highest BCUT2D eigenvalue weighted by Gasteiger charge is 2.14. The number of carbonyl (C=O) groups is 2. The van der Waals surface area contributed by atoms with E-state index in [9.17, 15) is 9.59 Å². The Labute approximate surface area is 115 Å². The number of carbonyl (C=O) groups excluding carboxylic acids is 1. The molecule has 0 heterocycles. The van der Waals surface area contributed by atoms with E-state index >= 15 is 0 Å². The first kappa shape index (κ1) is 17.9. The highest BCUT2D eigenvalue weighted by molar-refractivity contribution is 5.76. The van der Waals surface area contributed by atoms with E-state index in [2.05, 4.69) is 19.2 Å². The van der Waals surface area contributed by atoms with E-state index in [1.807, 2.05) is 6.92 Å². The van der Waals surface area contributed by atoms with Gasteiger partial charge in [0.1, 0.15) is 0 Å². The van der Waals surface area contributed by atoms with Gasteiger partial charge in [0, 0.05) is 19.4 Å². The molecule has 2 unspecified atom stereocenters. The third kappa shape index (κ3) is 10.5. The van der Waals surface area contributed by atoms with Crippen molar-refractivity contribution in [3.8, 4) is 0 Å². The van der Waals surface area contributed by atoms with Crippen molar-refractivity contribution >= 4 is 11.9 Å². The largest absolute Gasteiger partial charge is 0.481 e. The number of carboxylic acid groups (broad SMARTS) is 1. The van der Waals surface area contributed by atoms with E-state index in [0.717, 1.165) is 6.42 Å². The van der Waals surface area contributed by atoms with Crippen molar-refractivity contribution in [1.82, 2.24) is 5.32 Å². The molecular formula is C14H28N2O3. The first-order valence-corrected chi connectivity index (χ1v) is 7.03. The zero-order valence-corrected chi connectivity index (χ0v) is 12.3. The molecule has 0 radical (unpaired) electrons. The molecule has 5 nitrogen and oxygen atoms in total. The van der Waals surface area contributed by atoms with Crippen LogP contribution in [0.15, 0.2) is 0 Å². The zero-order valence-electron chi connectivity index (χ0n) is 12.3. The number of hydrogen-bond donors (Lipinski definition) is 3. The Morgan fingerprint density at radius 3 is 2.37 bits per heavy atom. The third-order valence-electron chi connectivity index (χ3n) is 3.11. The fourth-order valence-corrected chi connectivity index (χ4v) is 2.02. The summed E-state index contributed by atoms with van der Waals surface area (Å²) in [5, 5.41) is 11.4. The minimum Gasteiger partial charge on any atom is -0.481 e. The first-order valence-electron chi connectivity index (χ1n) is 7.03. The van der Waals surface area contributed by atoms with Crippen LogP contribution in [0.3, 0.4) is 0 Å². The van der Waals surface area contributed by atoms with E-state index in [-0.39, 0.29) is 24.2 Å². The van der Waals surface area contributed by atoms with Crippen molar-refractivity contribution in [2.24, 2.45) is 23.5 Å². The van der Waals surface area contributed by atoms with Gasteiger partial charge in [0.05, 0.1) is 0 Å². The van der Waals surface area contributed by atoms with E-state index in [0.29, 0.717) is 31.8 Å². The molecule has 0 bridgehead atoms. The summed E-state index contributed by atoms with van der Waals surface area (Å²) in [5.74, 6) is 0.170. The average Bonchev–Trinajstić information content (AvgIpc) is 2.32. The normalized spacial score (nSPS) is 14.2. The van der Waals surface area contributed by atoms with E-state index < -0.39 is 5.97 Å². The minimum atomic E-state index is -0.793. The molecule has 0 aromatic heterocycles. The van der Waals surface area contributed by atoms with E-state index in [1.165, 1.54) is 0 Å². The Morgan fingerprint density at radius 2 is 1.89 bits per heavy atom. The van der Waals surface area contributed by atoms with Crippen LogP contribution >= 0.6 is 0 Å². The molecule has 0 aliphatic carbocycles. The minimum absolute atomic E-state index is 0.0123. The van der Waals surface area contributed by atoms with Crippen molar-refractivity contribution in [2.45, 2.75) is 46.5 Å². The predicted octanol–water partition coefficient (Wildman–Crippen LogP) is 1.61. The quantitative estimate of drug-likeness (QED) is 0.563. The molecule has 0 aromatic rings. The van der Waals surface area contributed by atoms with Gasteiger partial charge in [-0.15, -0.1) is 0 Å². The van der Waals surface area contributed by atoms with Crippen LogP contribution in [0, 0.1) is 17.8 Å². The van der Waals surface area contributed by atoms with Gasteiger partial charge in [0.2, 0.25) is 5.91 Å². The second-order valence-electron chi connectivity index (χ2n) is 5.78. The van der Waals surface area contributed by atoms with Crippen LogP contribution in [0.25, 0.3) is 0 Å². The van der Waals surface area contributed by atoms with Gasteiger partial charge in [-0.25, -0.2) is 0 Å². The number of amides is 1. The lowest BCUT2D eigenvalue weighted by Crippen LogP contribution is -2.32. The van der Waals surface area contributed by atoms with Gasteiger partial charge < -0.3 is 16.2 Å². The number of hydrogen-bond acceptors (Lipinski definition) is 3. The van der Waals surface area contributed by atoms with Crippen LogP contribution in [0.2, 0.25) is 0 Å². The first-order chi connectivity index (χ1) is 8.85. The van der Waals surface area contributed by atoms with Crippen LogP contribution < -0.4 is 11.1 Å². The maximum Gasteiger partial charge on any atom is 0.303 e. The number of nitrogens with one attached hydrogen (secondary N) is 1. The van der Waals surface area contributed by atoms with Crippen molar-refractivity contribution < 1.29 is 14.7 Å². The highest BCUT2D eigenvalue weighted by Crippen LogP contribution is 2.14. The Morgan fingerprint density at radius 1 is 1.26 bits per heavy atom. The van der Waals surface area contributed by atoms with Crippen LogP contribution in [0.4, 0.5) is 0 Å². The molecule has 19 heavy (non-hydrogen) atoms. The molecule has 5 heteroatoms. The topological polar surface area (TPSA) is 92.4 Å². The summed E-state index contributed by atoms with van der Waals surface area (Å²) in [6.45, 7) is 7.24. The lowest BCUT2D eigenvalue weighted by molar-refractivity contribution is -0.137. The number of nitrogens with two attached hydrogens (primary N) is 1. The molecule has 0 saturated carbocycles. The lowest BCUT2D eigenvalue weighted by Gasteiger charge is -2.17. The smallest absolute Gasteiger partial charge is 0.303 e. The number of carboxylic acids is 1. The van der Waals surface area contributed by atoms with Crippen molar-refractivity contribution in [3.05, 3.63) is 0 Å². The van der Waals surface area contributed by atoms with Gasteiger partial charge in [-0.05, 0) is 37.1 Å². The van der Waals surface area contributed by atoms with Gasteiger partial charge in [-0.3, -0.25) is 9.59 Å². The van der Waals surface area contributed by atoms with Crippen LogP contribution in [0.5, 0.6) is 0 Å². The second kappa shape index (κ2) is 9.78. The van der Waals surface area contributed by atoms with Crippen LogP contribution in [-0.2, 0) is 9.59 Å². The van der Waals surface area contributed by atoms with Crippen LogP contribution in [-0.4, -0.2) is 30.1 Å². The van der Waals surface area contributed by atoms with Crippen molar-refractivity contribution in [3.63, 3.8) is 0 Å². The number of rotatable bonds is 10. The molecule has 0 fully saturated rings. The predicted molar refractivity (Wildman–Crippen MR) is 75.7 cm³/mol. The summed E-state index contributed by atoms with van der Waals surface area (Å²) in [6, 6.07) is 0. The Balaban J connectivity index is 3.87. The molecule has 0 spiro atoms. The molecule has 2 atom stereocenters. The summed E-state index contributed by atoms with van der Waals surface area (Å²) in [7, 11) is 0. The van der Waals surface area contributed by atoms with Gasteiger partial charge in [0.15, 0.2) is 0 Å². The molecule has 112 valence electrons. The maximum atomic E-state index is 11.8. The summed E-state index contributed by atoms with van der Waals surface area (Å²) in [6.07, 6.45) is 2.15.